The van der Waals surface area contributed by atoms with Gasteiger partial charge in [-0.1, -0.05) is 62.2 Å². The van der Waals surface area contributed by atoms with Gasteiger partial charge in [-0.15, -0.1) is 0 Å². The molecule has 3 aromatic rings. The van der Waals surface area contributed by atoms with E-state index in [2.05, 4.69) is 16.0 Å². The highest BCUT2D eigenvalue weighted by molar-refractivity contribution is 7.90. The Bertz CT molecular complexity index is 1730. The molecule has 2 aliphatic rings. The van der Waals surface area contributed by atoms with E-state index in [1.165, 1.54) is 18.2 Å². The van der Waals surface area contributed by atoms with Crippen LogP contribution in [0.5, 0.6) is 0 Å². The maximum atomic E-state index is 15.8. The third-order valence-electron chi connectivity index (χ3n) is 7.85. The summed E-state index contributed by atoms with van der Waals surface area (Å²) in [4.78, 5) is 27.9. The monoisotopic (exact) mass is 635 g/mol. The number of nitrogens with one attached hydrogen (secondary N) is 3. The summed E-state index contributed by atoms with van der Waals surface area (Å²) in [6, 6.07) is 10.6. The second-order valence-electron chi connectivity index (χ2n) is 12.0. The van der Waals surface area contributed by atoms with Gasteiger partial charge in [-0.2, -0.15) is 0 Å². The molecule has 12 heteroatoms. The lowest BCUT2D eigenvalue weighted by atomic mass is 9.62. The first-order valence-corrected chi connectivity index (χ1v) is 15.8. The number of sulfone groups is 1. The molecule has 2 aliphatic heterocycles. The van der Waals surface area contributed by atoms with Crippen LogP contribution < -0.4 is 16.0 Å². The highest BCUT2D eigenvalue weighted by atomic mass is 35.5. The lowest BCUT2D eigenvalue weighted by molar-refractivity contribution is -0.122. The minimum absolute atomic E-state index is 0.0393. The number of anilines is 2. The summed E-state index contributed by atoms with van der Waals surface area (Å²) in [6.45, 7) is 5.96. The molecule has 42 heavy (non-hydrogen) atoms. The van der Waals surface area contributed by atoms with Gasteiger partial charge in [0.25, 0.3) is 0 Å². The Morgan fingerprint density at radius 3 is 2.43 bits per heavy atom. The molecule has 1 spiro atoms. The van der Waals surface area contributed by atoms with Crippen LogP contribution in [0.1, 0.15) is 44.2 Å². The van der Waals surface area contributed by atoms with Gasteiger partial charge in [0.2, 0.25) is 11.8 Å². The molecule has 0 bridgehead atoms. The Kier molecular flexibility index (Phi) is 7.67. The van der Waals surface area contributed by atoms with E-state index in [1.807, 2.05) is 20.8 Å². The predicted octanol–water partition coefficient (Wildman–Crippen LogP) is 6.06. The van der Waals surface area contributed by atoms with E-state index < -0.39 is 56.7 Å². The first-order chi connectivity index (χ1) is 19.5. The van der Waals surface area contributed by atoms with Crippen LogP contribution in [0.4, 0.5) is 20.2 Å². The third-order valence-corrected chi connectivity index (χ3v) is 9.48. The molecule has 222 valence electrons. The summed E-state index contributed by atoms with van der Waals surface area (Å²) in [5.74, 6) is -4.04. The van der Waals surface area contributed by atoms with E-state index in [9.17, 15) is 18.0 Å². The molecular formula is C30H29Cl2F2N3O4S. The highest BCUT2D eigenvalue weighted by Crippen LogP contribution is 2.57. The Morgan fingerprint density at radius 1 is 1.07 bits per heavy atom. The molecule has 4 unspecified atom stereocenters. The van der Waals surface area contributed by atoms with Crippen LogP contribution in [0.15, 0.2) is 59.5 Å². The van der Waals surface area contributed by atoms with Gasteiger partial charge >= 0.3 is 0 Å². The SMILES string of the molecule is CC(C)(C)CC1NC(C(=O)Nc2ccc(S(C)(=O)=O)cc2F)C(c2cccc(Cl)c2F)C12C(=O)Nc1cc(Cl)ccc12. The summed E-state index contributed by atoms with van der Waals surface area (Å²) in [7, 11) is -3.69. The fourth-order valence-electron chi connectivity index (χ4n) is 6.19. The number of rotatable bonds is 5. The molecule has 3 aromatic carbocycles. The van der Waals surface area contributed by atoms with Gasteiger partial charge < -0.3 is 16.0 Å². The van der Waals surface area contributed by atoms with Crippen molar-refractivity contribution in [3.63, 3.8) is 0 Å². The number of fused-ring (bicyclic) bond motifs is 2. The van der Waals surface area contributed by atoms with Crippen molar-refractivity contribution in [1.29, 1.82) is 0 Å². The number of hydrogen-bond donors (Lipinski definition) is 3. The molecule has 0 aromatic heterocycles. The Balaban J connectivity index is 1.69. The maximum absolute atomic E-state index is 15.8. The number of carbonyl (C=O) groups excluding carboxylic acids is 2. The zero-order valence-corrected chi connectivity index (χ0v) is 25.5. The van der Waals surface area contributed by atoms with Gasteiger partial charge in [-0.25, -0.2) is 17.2 Å². The molecule has 1 fully saturated rings. The fourth-order valence-corrected chi connectivity index (χ4v) is 7.18. The van der Waals surface area contributed by atoms with Crippen molar-refractivity contribution < 1.29 is 26.8 Å². The molecule has 5 rings (SSSR count). The summed E-state index contributed by atoms with van der Waals surface area (Å²) in [6.07, 6.45) is 1.35. The molecule has 0 saturated carbocycles. The quantitative estimate of drug-likeness (QED) is 0.316. The average Bonchev–Trinajstić information content (AvgIpc) is 3.35. The first-order valence-electron chi connectivity index (χ1n) is 13.2. The molecule has 1 saturated heterocycles. The average molecular weight is 637 g/mol. The lowest BCUT2D eigenvalue weighted by Crippen LogP contribution is -2.49. The van der Waals surface area contributed by atoms with Gasteiger partial charge in [0.1, 0.15) is 17.0 Å². The second kappa shape index (κ2) is 10.6. The van der Waals surface area contributed by atoms with E-state index in [4.69, 9.17) is 23.2 Å². The largest absolute Gasteiger partial charge is 0.325 e. The molecule has 0 radical (unpaired) electrons. The number of amides is 2. The number of halogens is 4. The summed E-state index contributed by atoms with van der Waals surface area (Å²) in [5.41, 5.74) is -1.05. The molecule has 2 amide bonds. The number of hydrogen-bond acceptors (Lipinski definition) is 5. The standard InChI is InChI=1S/C30H29Cl2F2N3O4S/c1-29(2,3)14-23-30(18-10-8-15(31)12-22(18)36-28(30)39)24(17-6-5-7-19(32)25(17)34)26(37-23)27(38)35-21-11-9-16(13-20(21)33)42(4,40)41/h5-13,23-24,26,37H,14H2,1-4H3,(H,35,38)(H,36,39). The summed E-state index contributed by atoms with van der Waals surface area (Å²) >= 11 is 12.5. The smallest absolute Gasteiger partial charge is 0.242 e. The fraction of sp³-hybridized carbons (Fsp3) is 0.333. The van der Waals surface area contributed by atoms with Crippen LogP contribution in [0.2, 0.25) is 10.0 Å². The van der Waals surface area contributed by atoms with Crippen LogP contribution in [0, 0.1) is 17.0 Å². The van der Waals surface area contributed by atoms with Crippen molar-refractivity contribution in [2.75, 3.05) is 16.9 Å². The predicted molar refractivity (Wildman–Crippen MR) is 159 cm³/mol. The van der Waals surface area contributed by atoms with Crippen molar-refractivity contribution >= 4 is 56.2 Å². The first kappa shape index (κ1) is 30.4. The molecule has 0 aliphatic carbocycles. The Labute approximate surface area is 252 Å². The number of carbonyl (C=O) groups is 2. The van der Waals surface area contributed by atoms with Crippen LogP contribution in [0.3, 0.4) is 0 Å². The van der Waals surface area contributed by atoms with Gasteiger partial charge in [0.05, 0.1) is 21.6 Å². The van der Waals surface area contributed by atoms with Gasteiger partial charge in [0, 0.05) is 28.9 Å². The summed E-state index contributed by atoms with van der Waals surface area (Å²) in [5, 5.41) is 8.92. The lowest BCUT2D eigenvalue weighted by Gasteiger charge is -2.37. The van der Waals surface area contributed by atoms with Crippen molar-refractivity contribution in [1.82, 2.24) is 5.32 Å². The zero-order valence-electron chi connectivity index (χ0n) is 23.2. The summed E-state index contributed by atoms with van der Waals surface area (Å²) < 4.78 is 54.6. The number of benzene rings is 3. The maximum Gasteiger partial charge on any atom is 0.242 e. The van der Waals surface area contributed by atoms with E-state index in [-0.39, 0.29) is 26.6 Å². The van der Waals surface area contributed by atoms with Crippen molar-refractivity contribution in [3.8, 4) is 0 Å². The molecule has 3 N–H and O–H groups in total. The minimum Gasteiger partial charge on any atom is -0.325 e. The second-order valence-corrected chi connectivity index (χ2v) is 14.9. The van der Waals surface area contributed by atoms with Crippen LogP contribution in [-0.4, -0.2) is 38.6 Å². The van der Waals surface area contributed by atoms with E-state index in [1.54, 1.807) is 24.3 Å². The van der Waals surface area contributed by atoms with Crippen molar-refractivity contribution in [2.24, 2.45) is 5.41 Å². The normalized spacial score (nSPS) is 23.6. The zero-order chi connectivity index (χ0) is 30.8. The molecular weight excluding hydrogens is 607 g/mol. The molecule has 2 heterocycles. The topological polar surface area (TPSA) is 104 Å². The highest BCUT2D eigenvalue weighted by Gasteiger charge is 2.66. The van der Waals surface area contributed by atoms with E-state index >= 15 is 8.78 Å². The van der Waals surface area contributed by atoms with Crippen LogP contribution >= 0.6 is 23.2 Å². The van der Waals surface area contributed by atoms with E-state index in [0.717, 1.165) is 18.4 Å². The van der Waals surface area contributed by atoms with Gasteiger partial charge in [0.15, 0.2) is 9.84 Å². The minimum atomic E-state index is -3.69. The van der Waals surface area contributed by atoms with E-state index in [0.29, 0.717) is 22.7 Å². The van der Waals surface area contributed by atoms with Crippen molar-refractivity contribution in [2.45, 2.75) is 55.5 Å². The molecule has 4 atom stereocenters. The van der Waals surface area contributed by atoms with Gasteiger partial charge in [-0.3, -0.25) is 9.59 Å². The molecule has 7 nitrogen and oxygen atoms in total. The third kappa shape index (κ3) is 5.19. The van der Waals surface area contributed by atoms with Crippen LogP contribution in [-0.2, 0) is 24.8 Å². The van der Waals surface area contributed by atoms with Crippen molar-refractivity contribution in [3.05, 3.63) is 87.4 Å². The van der Waals surface area contributed by atoms with Crippen LogP contribution in [0.25, 0.3) is 0 Å². The van der Waals surface area contributed by atoms with Gasteiger partial charge in [-0.05, 0) is 59.4 Å². The Hall–Kier alpha value is -3.05. The Morgan fingerprint density at radius 2 is 1.79 bits per heavy atom.